The predicted octanol–water partition coefficient (Wildman–Crippen LogP) is 4.95. The number of carbonyl (C=O) groups excluding carboxylic acids is 3. The van der Waals surface area contributed by atoms with Gasteiger partial charge >= 0.3 is 0 Å². The Morgan fingerprint density at radius 1 is 0.925 bits per heavy atom. The van der Waals surface area contributed by atoms with Crippen molar-refractivity contribution in [1.29, 1.82) is 0 Å². The summed E-state index contributed by atoms with van der Waals surface area (Å²) in [6.45, 7) is 4.00. The number of halogens is 2. The summed E-state index contributed by atoms with van der Waals surface area (Å²) in [5.41, 5.74) is 2.80. The van der Waals surface area contributed by atoms with Crippen molar-refractivity contribution in [3.8, 4) is 11.1 Å². The summed E-state index contributed by atoms with van der Waals surface area (Å²) < 4.78 is 27.1. The van der Waals surface area contributed by atoms with Crippen LogP contribution in [-0.4, -0.2) is 35.4 Å². The van der Waals surface area contributed by atoms with Crippen LogP contribution in [0.2, 0.25) is 0 Å². The van der Waals surface area contributed by atoms with E-state index in [4.69, 9.17) is 0 Å². The number of aliphatic hydroxyl groups excluding tert-OH is 1. The Morgan fingerprint density at radius 2 is 1.57 bits per heavy atom. The van der Waals surface area contributed by atoms with Crippen LogP contribution in [0.5, 0.6) is 0 Å². The van der Waals surface area contributed by atoms with Gasteiger partial charge in [0.1, 0.15) is 23.7 Å². The number of aliphatic hydroxyl groups is 1. The Balaban J connectivity index is 1.56. The highest BCUT2D eigenvalue weighted by molar-refractivity contribution is 6.06. The van der Waals surface area contributed by atoms with Crippen molar-refractivity contribution in [2.45, 2.75) is 57.7 Å². The quantitative estimate of drug-likeness (QED) is 0.312. The van der Waals surface area contributed by atoms with Gasteiger partial charge in [-0.05, 0) is 48.2 Å². The molecule has 2 unspecified atom stereocenters. The van der Waals surface area contributed by atoms with Crippen LogP contribution in [0.25, 0.3) is 11.1 Å². The van der Waals surface area contributed by atoms with Crippen molar-refractivity contribution < 1.29 is 28.3 Å². The van der Waals surface area contributed by atoms with Gasteiger partial charge in [0, 0.05) is 18.2 Å². The van der Waals surface area contributed by atoms with E-state index >= 15 is 0 Å². The van der Waals surface area contributed by atoms with Gasteiger partial charge in [-0.3, -0.25) is 14.4 Å². The third-order valence-electron chi connectivity index (χ3n) is 6.99. The van der Waals surface area contributed by atoms with Crippen LogP contribution >= 0.6 is 0 Å². The number of para-hydroxylation sites is 1. The molecule has 0 saturated carbocycles. The summed E-state index contributed by atoms with van der Waals surface area (Å²) in [6.07, 6.45) is 1.98. The second-order valence-corrected chi connectivity index (χ2v) is 9.93. The standard InChI is InChI=1S/C31H33F2N3O4/c1-3-4-5-10-15-36-26-14-9-8-12-24(26)23-11-6-7-13-25(23)27(31(36)40)35-29(38)19(2)34-30(39)28(37)20-16-21(32)18-22(33)17-20/h6-9,11-14,16-19,27-28,37H,3-5,10,15H2,1-2H3,(H,34,39)(H,35,38)/t19-,27?,28?/m0/s1. The van der Waals surface area contributed by atoms with Crippen molar-refractivity contribution in [2.24, 2.45) is 0 Å². The van der Waals surface area contributed by atoms with Crippen LogP contribution in [0, 0.1) is 11.6 Å². The third-order valence-corrected chi connectivity index (χ3v) is 6.99. The van der Waals surface area contributed by atoms with Gasteiger partial charge in [0.25, 0.3) is 11.8 Å². The summed E-state index contributed by atoms with van der Waals surface area (Å²) in [6, 6.07) is 15.1. The molecule has 0 radical (unpaired) electrons. The summed E-state index contributed by atoms with van der Waals surface area (Å²) in [4.78, 5) is 41.6. The highest BCUT2D eigenvalue weighted by atomic mass is 19.1. The molecule has 3 atom stereocenters. The molecule has 0 aromatic heterocycles. The number of amides is 3. The molecule has 7 nitrogen and oxygen atoms in total. The first-order valence-electron chi connectivity index (χ1n) is 13.5. The first-order chi connectivity index (χ1) is 19.2. The molecule has 0 saturated heterocycles. The molecule has 3 N–H and O–H groups in total. The van der Waals surface area contributed by atoms with E-state index < -0.39 is 41.6 Å². The van der Waals surface area contributed by atoms with Crippen molar-refractivity contribution >= 4 is 23.4 Å². The minimum absolute atomic E-state index is 0.285. The maximum atomic E-state index is 14.0. The van der Waals surface area contributed by atoms with Crippen molar-refractivity contribution in [1.82, 2.24) is 10.6 Å². The van der Waals surface area contributed by atoms with Crippen LogP contribution in [0.1, 0.15) is 62.8 Å². The third kappa shape index (κ3) is 6.37. The summed E-state index contributed by atoms with van der Waals surface area (Å²) in [7, 11) is 0. The highest BCUT2D eigenvalue weighted by Crippen LogP contribution is 2.40. The average molecular weight is 550 g/mol. The zero-order chi connectivity index (χ0) is 28.8. The van der Waals surface area contributed by atoms with Crippen LogP contribution in [0.15, 0.2) is 66.7 Å². The van der Waals surface area contributed by atoms with Gasteiger partial charge in [-0.1, -0.05) is 68.7 Å². The number of unbranched alkanes of at least 4 members (excludes halogenated alkanes) is 3. The number of nitrogens with one attached hydrogen (secondary N) is 2. The lowest BCUT2D eigenvalue weighted by Gasteiger charge is -2.27. The molecule has 0 aliphatic carbocycles. The second kappa shape index (κ2) is 12.8. The number of anilines is 1. The lowest BCUT2D eigenvalue weighted by Crippen LogP contribution is -2.50. The summed E-state index contributed by atoms with van der Waals surface area (Å²) in [5.74, 6) is -3.85. The fourth-order valence-electron chi connectivity index (χ4n) is 4.91. The van der Waals surface area contributed by atoms with Crippen LogP contribution < -0.4 is 15.5 Å². The maximum absolute atomic E-state index is 14.0. The monoisotopic (exact) mass is 549 g/mol. The molecule has 3 aromatic carbocycles. The molecular weight excluding hydrogens is 516 g/mol. The van der Waals surface area contributed by atoms with E-state index in [0.717, 1.165) is 54.6 Å². The van der Waals surface area contributed by atoms with E-state index in [1.54, 1.807) is 17.0 Å². The van der Waals surface area contributed by atoms with E-state index in [9.17, 15) is 28.3 Å². The molecule has 0 bridgehead atoms. The Bertz CT molecular complexity index is 1380. The minimum Gasteiger partial charge on any atom is -0.378 e. The lowest BCUT2D eigenvalue weighted by molar-refractivity contribution is -0.134. The van der Waals surface area contributed by atoms with E-state index in [0.29, 0.717) is 18.2 Å². The van der Waals surface area contributed by atoms with Crippen LogP contribution in [0.4, 0.5) is 14.5 Å². The van der Waals surface area contributed by atoms with E-state index in [1.807, 2.05) is 36.4 Å². The molecule has 40 heavy (non-hydrogen) atoms. The van der Waals surface area contributed by atoms with Crippen LogP contribution in [0.3, 0.4) is 0 Å². The number of fused-ring (bicyclic) bond motifs is 3. The Kier molecular flexibility index (Phi) is 9.26. The largest absolute Gasteiger partial charge is 0.378 e. The van der Waals surface area contributed by atoms with Gasteiger partial charge in [-0.2, -0.15) is 0 Å². The number of nitrogens with zero attached hydrogens (tertiary/aromatic N) is 1. The number of benzene rings is 3. The van der Waals surface area contributed by atoms with Gasteiger partial charge in [0.05, 0.1) is 5.69 Å². The Morgan fingerprint density at radius 3 is 2.27 bits per heavy atom. The Labute approximate surface area is 232 Å². The van der Waals surface area contributed by atoms with E-state index in [2.05, 4.69) is 17.6 Å². The molecular formula is C31H33F2N3O4. The molecule has 1 heterocycles. The molecule has 0 spiro atoms. The fraction of sp³-hybridized carbons (Fsp3) is 0.323. The van der Waals surface area contributed by atoms with Gasteiger partial charge in [-0.15, -0.1) is 0 Å². The molecule has 3 amide bonds. The van der Waals surface area contributed by atoms with E-state index in [-0.39, 0.29) is 11.5 Å². The minimum atomic E-state index is -1.89. The summed E-state index contributed by atoms with van der Waals surface area (Å²) >= 11 is 0. The molecule has 4 rings (SSSR count). The zero-order valence-electron chi connectivity index (χ0n) is 22.5. The highest BCUT2D eigenvalue weighted by Gasteiger charge is 2.35. The van der Waals surface area contributed by atoms with Crippen molar-refractivity contribution in [3.05, 3.63) is 89.5 Å². The van der Waals surface area contributed by atoms with Crippen LogP contribution in [-0.2, 0) is 14.4 Å². The van der Waals surface area contributed by atoms with E-state index in [1.165, 1.54) is 6.92 Å². The molecule has 0 fully saturated rings. The Hall–Kier alpha value is -4.11. The predicted molar refractivity (Wildman–Crippen MR) is 148 cm³/mol. The molecule has 9 heteroatoms. The van der Waals surface area contributed by atoms with Crippen molar-refractivity contribution in [3.63, 3.8) is 0 Å². The number of carbonyl (C=O) groups is 3. The van der Waals surface area contributed by atoms with Gasteiger partial charge < -0.3 is 20.6 Å². The second-order valence-electron chi connectivity index (χ2n) is 9.93. The topological polar surface area (TPSA) is 98.7 Å². The smallest absolute Gasteiger partial charge is 0.254 e. The normalized spacial score (nSPS) is 15.9. The van der Waals surface area contributed by atoms with Crippen molar-refractivity contribution in [2.75, 3.05) is 11.4 Å². The molecule has 210 valence electrons. The summed E-state index contributed by atoms with van der Waals surface area (Å²) in [5, 5.41) is 15.5. The van der Waals surface area contributed by atoms with Gasteiger partial charge in [0.15, 0.2) is 6.10 Å². The molecule has 1 aliphatic rings. The zero-order valence-corrected chi connectivity index (χ0v) is 22.5. The average Bonchev–Trinajstić information content (AvgIpc) is 3.03. The van der Waals surface area contributed by atoms with Gasteiger partial charge in [0.2, 0.25) is 5.91 Å². The number of hydrogen-bond acceptors (Lipinski definition) is 4. The number of rotatable bonds is 10. The first-order valence-corrected chi connectivity index (χ1v) is 13.5. The first kappa shape index (κ1) is 28.9. The molecule has 3 aromatic rings. The molecule has 1 aliphatic heterocycles. The van der Waals surface area contributed by atoms with Gasteiger partial charge in [-0.25, -0.2) is 8.78 Å². The SMILES string of the molecule is CCCCCCN1C(=O)C(NC(=O)[C@H](C)NC(=O)C(O)c2cc(F)cc(F)c2)c2ccccc2-c2ccccc21. The number of hydrogen-bond donors (Lipinski definition) is 3. The lowest BCUT2D eigenvalue weighted by atomic mass is 9.95. The maximum Gasteiger partial charge on any atom is 0.254 e. The fourth-order valence-corrected chi connectivity index (χ4v) is 4.91.